The number of non-ortho nitro benzene ring substituents is 1. The molecule has 0 aliphatic rings. The van der Waals surface area contributed by atoms with E-state index < -0.39 is 58.2 Å². The van der Waals surface area contributed by atoms with Crippen LogP contribution in [0, 0.1) is 33.8 Å². The van der Waals surface area contributed by atoms with Gasteiger partial charge in [0, 0.05) is 29.8 Å². The number of nitro benzene ring substituents is 1. The lowest BCUT2D eigenvalue weighted by atomic mass is 9.84. The minimum atomic E-state index is -1.32. The van der Waals surface area contributed by atoms with E-state index in [1.807, 2.05) is 36.4 Å². The van der Waals surface area contributed by atoms with Gasteiger partial charge in [-0.15, -0.1) is 0 Å². The normalized spacial score (nSPS) is 12.2. The van der Waals surface area contributed by atoms with Crippen LogP contribution in [-0.2, 0) is 48.2 Å². The number of pyridine rings is 1. The summed E-state index contributed by atoms with van der Waals surface area (Å²) in [4.78, 5) is 68.5. The van der Waals surface area contributed by atoms with Crippen molar-refractivity contribution in [3.8, 4) is 17.6 Å². The number of amides is 1. The van der Waals surface area contributed by atoms with Crippen LogP contribution >= 0.6 is 0 Å². The van der Waals surface area contributed by atoms with Gasteiger partial charge < -0.3 is 24.7 Å². The Morgan fingerprint density at radius 3 is 1.96 bits per heavy atom. The molecule has 1 unspecified atom stereocenters. The van der Waals surface area contributed by atoms with Gasteiger partial charge in [0.2, 0.25) is 5.91 Å². The number of aromatic nitrogens is 1. The summed E-state index contributed by atoms with van der Waals surface area (Å²) >= 11 is 0. The van der Waals surface area contributed by atoms with E-state index in [1.165, 1.54) is 12.1 Å². The summed E-state index contributed by atoms with van der Waals surface area (Å²) in [6.07, 6.45) is -0.690. The fourth-order valence-corrected chi connectivity index (χ4v) is 5.39. The molecular formula is C43H45N3O10. The third-order valence-electron chi connectivity index (χ3n) is 7.91. The van der Waals surface area contributed by atoms with Crippen molar-refractivity contribution in [3.63, 3.8) is 0 Å². The van der Waals surface area contributed by atoms with Crippen LogP contribution in [0.1, 0.15) is 86.4 Å². The van der Waals surface area contributed by atoms with Gasteiger partial charge in [0.15, 0.2) is 11.4 Å². The number of primary amides is 1. The molecule has 1 aromatic heterocycles. The van der Waals surface area contributed by atoms with Gasteiger partial charge in [-0.05, 0) is 76.8 Å². The summed E-state index contributed by atoms with van der Waals surface area (Å²) in [5.74, 6) is 0.199. The number of ether oxygens (including phenoxy) is 4. The molecule has 3 aromatic carbocycles. The Morgan fingerprint density at radius 1 is 0.786 bits per heavy atom. The molecule has 13 nitrogen and oxygen atoms in total. The lowest BCUT2D eigenvalue weighted by Gasteiger charge is -2.28. The molecule has 4 aromatic rings. The van der Waals surface area contributed by atoms with Crippen LogP contribution in [0.25, 0.3) is 0 Å². The maximum atomic E-state index is 13.5. The van der Waals surface area contributed by atoms with Crippen molar-refractivity contribution >= 4 is 29.5 Å². The Kier molecular flexibility index (Phi) is 14.1. The maximum absolute atomic E-state index is 13.5. The van der Waals surface area contributed by atoms with Gasteiger partial charge in [0.25, 0.3) is 5.69 Å². The standard InChI is InChI=1S/C43H45N3O10/c1-42(2,3)55-38(47)25-35(41(50)56-43(4,5)6)34(39(44)48)24-31-18-22-37(53-26-28-13-9-7-10-14-28)36(45-31)21-17-30-23-32(46(51)52)19-20-33(30)40(49)54-27-29-15-11-8-12-16-29/h7-16,18-20,22-23,34-35H,24-27H2,1-6H3,(H2,44,48)/t34?,35-/m0/s1. The summed E-state index contributed by atoms with van der Waals surface area (Å²) in [5.41, 5.74) is 5.63. The van der Waals surface area contributed by atoms with Crippen LogP contribution in [0.4, 0.5) is 5.69 Å². The van der Waals surface area contributed by atoms with E-state index >= 15 is 0 Å². The predicted octanol–water partition coefficient (Wildman–Crippen LogP) is 6.66. The van der Waals surface area contributed by atoms with Crippen molar-refractivity contribution in [2.45, 2.75) is 78.8 Å². The van der Waals surface area contributed by atoms with E-state index in [2.05, 4.69) is 16.8 Å². The second-order valence-corrected chi connectivity index (χ2v) is 14.9. The molecule has 292 valence electrons. The van der Waals surface area contributed by atoms with E-state index in [9.17, 15) is 29.3 Å². The number of esters is 3. The fourth-order valence-electron chi connectivity index (χ4n) is 5.39. The molecule has 1 amide bonds. The van der Waals surface area contributed by atoms with E-state index in [0.29, 0.717) is 0 Å². The van der Waals surface area contributed by atoms with Gasteiger partial charge in [-0.1, -0.05) is 66.6 Å². The zero-order valence-corrected chi connectivity index (χ0v) is 32.2. The lowest BCUT2D eigenvalue weighted by Crippen LogP contribution is -2.41. The summed E-state index contributed by atoms with van der Waals surface area (Å²) < 4.78 is 22.7. The first-order valence-electron chi connectivity index (χ1n) is 17.8. The van der Waals surface area contributed by atoms with Crippen LogP contribution in [-0.4, -0.2) is 44.9 Å². The van der Waals surface area contributed by atoms with Crippen LogP contribution in [0.5, 0.6) is 5.75 Å². The van der Waals surface area contributed by atoms with E-state index in [-0.39, 0.29) is 53.6 Å². The predicted molar refractivity (Wildman–Crippen MR) is 206 cm³/mol. The molecule has 0 saturated heterocycles. The largest absolute Gasteiger partial charge is 0.486 e. The minimum absolute atomic E-state index is 0.00385. The van der Waals surface area contributed by atoms with Crippen LogP contribution in [0.2, 0.25) is 0 Å². The highest BCUT2D eigenvalue weighted by molar-refractivity contribution is 5.93. The number of carbonyl (C=O) groups excluding carboxylic acids is 4. The fraction of sp³-hybridized carbons (Fsp3) is 0.326. The zero-order valence-electron chi connectivity index (χ0n) is 32.2. The number of nitrogens with two attached hydrogens (primary N) is 1. The summed E-state index contributed by atoms with van der Waals surface area (Å²) in [7, 11) is 0. The van der Waals surface area contributed by atoms with Crippen LogP contribution < -0.4 is 10.5 Å². The highest BCUT2D eigenvalue weighted by Crippen LogP contribution is 2.28. The number of nitrogens with zero attached hydrogens (tertiary/aromatic N) is 2. The van der Waals surface area contributed by atoms with E-state index in [4.69, 9.17) is 24.7 Å². The minimum Gasteiger partial charge on any atom is -0.486 e. The Bertz CT molecular complexity index is 2110. The molecule has 56 heavy (non-hydrogen) atoms. The van der Waals surface area contributed by atoms with Crippen molar-refractivity contribution in [2.75, 3.05) is 0 Å². The number of rotatable bonds is 14. The smallest absolute Gasteiger partial charge is 0.339 e. The topological polar surface area (TPSA) is 187 Å². The van der Waals surface area contributed by atoms with Crippen molar-refractivity contribution in [2.24, 2.45) is 17.6 Å². The molecule has 1 heterocycles. The monoisotopic (exact) mass is 763 g/mol. The highest BCUT2D eigenvalue weighted by atomic mass is 16.6. The van der Waals surface area contributed by atoms with E-state index in [0.717, 1.165) is 17.2 Å². The molecular weight excluding hydrogens is 718 g/mol. The van der Waals surface area contributed by atoms with Gasteiger partial charge in [0.05, 0.1) is 28.7 Å². The third kappa shape index (κ3) is 13.1. The zero-order chi connectivity index (χ0) is 41.0. The lowest BCUT2D eigenvalue weighted by molar-refractivity contribution is -0.384. The van der Waals surface area contributed by atoms with Gasteiger partial charge >= 0.3 is 17.9 Å². The van der Waals surface area contributed by atoms with Crippen molar-refractivity contribution in [3.05, 3.63) is 135 Å². The molecule has 0 saturated carbocycles. The SMILES string of the molecule is CC(C)(C)OC(=O)C[C@H](C(=O)OC(C)(C)C)C(Cc1ccc(OCc2ccccc2)c(C#Cc2cc([N+](=O)[O-])ccc2C(=O)OCc2ccccc2)n1)C(N)=O. The van der Waals surface area contributed by atoms with Gasteiger partial charge in [0.1, 0.15) is 24.4 Å². The summed E-state index contributed by atoms with van der Waals surface area (Å²) in [5, 5.41) is 11.7. The molecule has 0 spiro atoms. The quantitative estimate of drug-likeness (QED) is 0.0476. The average molecular weight is 764 g/mol. The molecule has 2 N–H and O–H groups in total. The number of carbonyl (C=O) groups is 4. The highest BCUT2D eigenvalue weighted by Gasteiger charge is 2.39. The summed E-state index contributed by atoms with van der Waals surface area (Å²) in [6.45, 7) is 10.1. The number of hydrogen-bond donors (Lipinski definition) is 1. The second-order valence-electron chi connectivity index (χ2n) is 14.9. The molecule has 0 radical (unpaired) electrons. The molecule has 4 rings (SSSR count). The first kappa shape index (κ1) is 42.2. The maximum Gasteiger partial charge on any atom is 0.339 e. The molecule has 0 aliphatic heterocycles. The summed E-state index contributed by atoms with van der Waals surface area (Å²) in [6, 6.07) is 25.0. The molecule has 0 bridgehead atoms. The molecule has 0 aliphatic carbocycles. The van der Waals surface area contributed by atoms with Crippen molar-refractivity contribution in [1.29, 1.82) is 0 Å². The van der Waals surface area contributed by atoms with Crippen molar-refractivity contribution in [1.82, 2.24) is 4.98 Å². The first-order chi connectivity index (χ1) is 26.4. The van der Waals surface area contributed by atoms with Crippen LogP contribution in [0.15, 0.2) is 91.0 Å². The Hall–Kier alpha value is -6.55. The second kappa shape index (κ2) is 18.7. The van der Waals surface area contributed by atoms with Gasteiger partial charge in [-0.25, -0.2) is 9.78 Å². The average Bonchev–Trinajstić information content (AvgIpc) is 3.13. The van der Waals surface area contributed by atoms with Gasteiger partial charge in [-0.2, -0.15) is 0 Å². The van der Waals surface area contributed by atoms with E-state index in [1.54, 1.807) is 77.9 Å². The Morgan fingerprint density at radius 2 is 1.39 bits per heavy atom. The molecule has 13 heteroatoms. The molecule has 0 fully saturated rings. The number of hydrogen-bond acceptors (Lipinski definition) is 11. The number of benzene rings is 3. The molecule has 2 atom stereocenters. The Balaban J connectivity index is 1.76. The van der Waals surface area contributed by atoms with Crippen LogP contribution in [0.3, 0.4) is 0 Å². The van der Waals surface area contributed by atoms with Crippen molar-refractivity contribution < 1.29 is 43.0 Å². The van der Waals surface area contributed by atoms with Gasteiger partial charge in [-0.3, -0.25) is 24.5 Å². The Labute approximate surface area is 325 Å². The first-order valence-corrected chi connectivity index (χ1v) is 17.8. The third-order valence-corrected chi connectivity index (χ3v) is 7.91. The number of nitro groups is 1.